The van der Waals surface area contributed by atoms with Crippen LogP contribution in [0.25, 0.3) is 10.2 Å². The van der Waals surface area contributed by atoms with Crippen LogP contribution in [-0.4, -0.2) is 29.3 Å². The highest BCUT2D eigenvalue weighted by molar-refractivity contribution is 7.22. The molecule has 1 saturated heterocycles. The van der Waals surface area contributed by atoms with Gasteiger partial charge in [-0.3, -0.25) is 0 Å². The van der Waals surface area contributed by atoms with Crippen LogP contribution in [0.5, 0.6) is 0 Å². The number of hydrogen-bond donors (Lipinski definition) is 1. The number of rotatable bonds is 1. The van der Waals surface area contributed by atoms with Crippen molar-refractivity contribution in [1.29, 1.82) is 0 Å². The van der Waals surface area contributed by atoms with Gasteiger partial charge in [-0.2, -0.15) is 0 Å². The van der Waals surface area contributed by atoms with E-state index < -0.39 is 0 Å². The molecule has 90 valence electrons. The zero-order valence-corrected chi connectivity index (χ0v) is 11.1. The van der Waals surface area contributed by atoms with Crippen LogP contribution in [0, 0.1) is 6.92 Å². The molecule has 1 fully saturated rings. The maximum absolute atomic E-state index is 9.55. The second-order valence-electron chi connectivity index (χ2n) is 4.43. The number of fused-ring (bicyclic) bond motifs is 1. The van der Waals surface area contributed by atoms with Crippen LogP contribution in [0.3, 0.4) is 0 Å². The molecule has 0 saturated carbocycles. The van der Waals surface area contributed by atoms with Gasteiger partial charge >= 0.3 is 0 Å². The molecule has 3 rings (SSSR count). The molecule has 2 heterocycles. The van der Waals surface area contributed by atoms with Gasteiger partial charge in [0.25, 0.3) is 0 Å². The Kier molecular flexibility index (Phi) is 2.73. The number of aryl methyl sites for hydroxylation is 1. The monoisotopic (exact) mass is 268 g/mol. The first kappa shape index (κ1) is 11.3. The first-order valence-corrected chi connectivity index (χ1v) is 6.83. The first-order valence-electron chi connectivity index (χ1n) is 5.64. The highest BCUT2D eigenvalue weighted by atomic mass is 35.5. The molecule has 0 aliphatic carbocycles. The average Bonchev–Trinajstić information content (AvgIpc) is 2.90. The molecule has 1 unspecified atom stereocenters. The average molecular weight is 269 g/mol. The van der Waals surface area contributed by atoms with Gasteiger partial charge in [0.2, 0.25) is 0 Å². The molecule has 0 bridgehead atoms. The topological polar surface area (TPSA) is 36.4 Å². The molecule has 2 aromatic rings. The van der Waals surface area contributed by atoms with Crippen molar-refractivity contribution in [3.63, 3.8) is 0 Å². The molecule has 0 amide bonds. The predicted molar refractivity (Wildman–Crippen MR) is 72.2 cm³/mol. The van der Waals surface area contributed by atoms with Crippen LogP contribution >= 0.6 is 22.9 Å². The number of benzene rings is 1. The van der Waals surface area contributed by atoms with Crippen molar-refractivity contribution < 1.29 is 5.11 Å². The maximum Gasteiger partial charge on any atom is 0.186 e. The van der Waals surface area contributed by atoms with Gasteiger partial charge in [-0.25, -0.2) is 4.98 Å². The minimum atomic E-state index is -0.224. The Morgan fingerprint density at radius 2 is 2.35 bits per heavy atom. The van der Waals surface area contributed by atoms with Crippen LogP contribution in [-0.2, 0) is 0 Å². The maximum atomic E-state index is 9.55. The van der Waals surface area contributed by atoms with Gasteiger partial charge in [0.1, 0.15) is 0 Å². The lowest BCUT2D eigenvalue weighted by molar-refractivity contribution is 0.198. The summed E-state index contributed by atoms with van der Waals surface area (Å²) < 4.78 is 1.04. The Morgan fingerprint density at radius 1 is 1.53 bits per heavy atom. The molecule has 17 heavy (non-hydrogen) atoms. The van der Waals surface area contributed by atoms with Crippen molar-refractivity contribution in [3.05, 3.63) is 22.7 Å². The molecule has 0 radical (unpaired) electrons. The quantitative estimate of drug-likeness (QED) is 0.864. The Bertz CT molecular complexity index is 530. The minimum Gasteiger partial charge on any atom is -0.391 e. The van der Waals surface area contributed by atoms with E-state index in [1.807, 2.05) is 19.1 Å². The summed E-state index contributed by atoms with van der Waals surface area (Å²) in [6.45, 7) is 3.59. The summed E-state index contributed by atoms with van der Waals surface area (Å²) in [5.74, 6) is 0. The molecule has 1 atom stereocenters. The number of aliphatic hydroxyl groups is 1. The summed E-state index contributed by atoms with van der Waals surface area (Å²) in [6, 6.07) is 3.91. The Hall–Kier alpha value is -0.840. The second kappa shape index (κ2) is 4.12. The number of aliphatic hydroxyl groups excluding tert-OH is 1. The van der Waals surface area contributed by atoms with Gasteiger partial charge in [-0.05, 0) is 25.0 Å². The fourth-order valence-corrected chi connectivity index (χ4v) is 3.49. The predicted octanol–water partition coefficient (Wildman–Crippen LogP) is 2.83. The molecule has 1 aromatic carbocycles. The lowest BCUT2D eigenvalue weighted by Crippen LogP contribution is -2.20. The number of thiazole rings is 1. The molecular weight excluding hydrogens is 256 g/mol. The van der Waals surface area contributed by atoms with Crippen molar-refractivity contribution in [1.82, 2.24) is 4.98 Å². The Balaban J connectivity index is 2.07. The SMILES string of the molecule is Cc1ccc(Cl)c2sc(N3CCC(O)C3)nc12. The molecular formula is C12H13ClN2OS. The van der Waals surface area contributed by atoms with E-state index in [-0.39, 0.29) is 6.10 Å². The van der Waals surface area contributed by atoms with E-state index >= 15 is 0 Å². The van der Waals surface area contributed by atoms with Crippen molar-refractivity contribution in [2.75, 3.05) is 18.0 Å². The van der Waals surface area contributed by atoms with Gasteiger partial charge in [0, 0.05) is 13.1 Å². The standard InChI is InChI=1S/C12H13ClN2OS/c1-7-2-3-9(13)11-10(7)14-12(17-11)15-5-4-8(16)6-15/h2-3,8,16H,4-6H2,1H3. The second-order valence-corrected chi connectivity index (χ2v) is 5.81. The van der Waals surface area contributed by atoms with Crippen LogP contribution in [0.2, 0.25) is 5.02 Å². The van der Waals surface area contributed by atoms with E-state index in [0.717, 1.165) is 38.9 Å². The van der Waals surface area contributed by atoms with E-state index in [1.165, 1.54) is 0 Å². The number of aromatic nitrogens is 1. The van der Waals surface area contributed by atoms with E-state index in [9.17, 15) is 5.11 Å². The fraction of sp³-hybridized carbons (Fsp3) is 0.417. The van der Waals surface area contributed by atoms with Gasteiger partial charge in [-0.15, -0.1) is 0 Å². The van der Waals surface area contributed by atoms with Gasteiger partial charge in [-0.1, -0.05) is 29.0 Å². The summed E-state index contributed by atoms with van der Waals surface area (Å²) >= 11 is 7.79. The van der Waals surface area contributed by atoms with E-state index in [4.69, 9.17) is 11.6 Å². The number of nitrogens with zero attached hydrogens (tertiary/aromatic N) is 2. The zero-order chi connectivity index (χ0) is 12.0. The lowest BCUT2D eigenvalue weighted by Gasteiger charge is -2.12. The lowest BCUT2D eigenvalue weighted by atomic mass is 10.2. The molecule has 1 N–H and O–H groups in total. The molecule has 1 aromatic heterocycles. The molecule has 5 heteroatoms. The third-order valence-corrected chi connectivity index (χ3v) is 4.70. The summed E-state index contributed by atoms with van der Waals surface area (Å²) in [4.78, 5) is 6.77. The van der Waals surface area contributed by atoms with E-state index in [0.29, 0.717) is 6.54 Å². The van der Waals surface area contributed by atoms with Crippen LogP contribution in [0.4, 0.5) is 5.13 Å². The molecule has 3 nitrogen and oxygen atoms in total. The molecule has 0 spiro atoms. The highest BCUT2D eigenvalue weighted by Gasteiger charge is 2.23. The van der Waals surface area contributed by atoms with Crippen LogP contribution in [0.1, 0.15) is 12.0 Å². The minimum absolute atomic E-state index is 0.224. The van der Waals surface area contributed by atoms with Crippen molar-refractivity contribution in [3.8, 4) is 0 Å². The number of β-amino-alcohol motifs (C(OH)–C–C–N with tert-alkyl or cyclic N) is 1. The third-order valence-electron chi connectivity index (χ3n) is 3.12. The smallest absolute Gasteiger partial charge is 0.186 e. The zero-order valence-electron chi connectivity index (χ0n) is 9.48. The number of halogens is 1. The van der Waals surface area contributed by atoms with Crippen molar-refractivity contribution in [2.24, 2.45) is 0 Å². The first-order chi connectivity index (χ1) is 8.15. The summed E-state index contributed by atoms with van der Waals surface area (Å²) in [5.41, 5.74) is 2.13. The van der Waals surface area contributed by atoms with E-state index in [2.05, 4.69) is 9.88 Å². The van der Waals surface area contributed by atoms with Gasteiger partial charge < -0.3 is 10.0 Å². The fourth-order valence-electron chi connectivity index (χ4n) is 2.14. The number of anilines is 1. The number of hydrogen-bond acceptors (Lipinski definition) is 4. The summed E-state index contributed by atoms with van der Waals surface area (Å²) in [7, 11) is 0. The van der Waals surface area contributed by atoms with Crippen molar-refractivity contribution in [2.45, 2.75) is 19.4 Å². The van der Waals surface area contributed by atoms with Gasteiger partial charge in [0.15, 0.2) is 5.13 Å². The normalized spacial score (nSPS) is 20.4. The van der Waals surface area contributed by atoms with Crippen LogP contribution < -0.4 is 4.90 Å². The van der Waals surface area contributed by atoms with Crippen molar-refractivity contribution >= 4 is 38.3 Å². The van der Waals surface area contributed by atoms with Gasteiger partial charge in [0.05, 0.1) is 21.3 Å². The Morgan fingerprint density at radius 3 is 3.00 bits per heavy atom. The highest BCUT2D eigenvalue weighted by Crippen LogP contribution is 2.36. The largest absolute Gasteiger partial charge is 0.391 e. The summed E-state index contributed by atoms with van der Waals surface area (Å²) in [5, 5.41) is 11.3. The van der Waals surface area contributed by atoms with Crippen LogP contribution in [0.15, 0.2) is 12.1 Å². The molecule has 1 aliphatic rings. The molecule has 1 aliphatic heterocycles. The van der Waals surface area contributed by atoms with E-state index in [1.54, 1.807) is 11.3 Å². The third kappa shape index (κ3) is 1.90. The summed E-state index contributed by atoms with van der Waals surface area (Å²) in [6.07, 6.45) is 0.599. The Labute approximate surface area is 109 Å².